The third-order valence-electron chi connectivity index (χ3n) is 6.83. The van der Waals surface area contributed by atoms with Gasteiger partial charge in [0.2, 0.25) is 5.90 Å². The van der Waals surface area contributed by atoms with Gasteiger partial charge in [0.05, 0.1) is 19.8 Å². The van der Waals surface area contributed by atoms with Crippen molar-refractivity contribution in [1.82, 2.24) is 4.90 Å². The Morgan fingerprint density at radius 2 is 1.74 bits per heavy atom. The number of benzene rings is 3. The Morgan fingerprint density at radius 1 is 1.03 bits per heavy atom. The molecule has 0 radical (unpaired) electrons. The molecule has 198 valence electrons. The van der Waals surface area contributed by atoms with E-state index >= 15 is 0 Å². The van der Waals surface area contributed by atoms with Crippen molar-refractivity contribution in [2.75, 3.05) is 39.5 Å². The number of hydrogen-bond acceptors (Lipinski definition) is 6. The van der Waals surface area contributed by atoms with Crippen molar-refractivity contribution in [2.24, 2.45) is 4.99 Å². The lowest BCUT2D eigenvalue weighted by Crippen LogP contribution is -2.54. The van der Waals surface area contributed by atoms with Crippen molar-refractivity contribution in [3.8, 4) is 5.75 Å². The average molecular weight is 579 g/mol. The number of carbonyl (C=O) groups is 1. The summed E-state index contributed by atoms with van der Waals surface area (Å²) in [4.78, 5) is 21.4. The fraction of sp³-hybridized carbons (Fsp3) is 0.333. The van der Waals surface area contributed by atoms with Gasteiger partial charge in [0.25, 0.3) is 5.91 Å². The smallest absolute Gasteiger partial charge is 0.255 e. The molecule has 0 saturated carbocycles. The molecular weight excluding hydrogens is 548 g/mol. The Balaban J connectivity index is 1.58. The molecule has 1 saturated heterocycles. The molecule has 1 N–H and O–H groups in total. The molecule has 3 aromatic rings. The molecule has 7 nitrogen and oxygen atoms in total. The molecule has 5 rings (SSSR count). The van der Waals surface area contributed by atoms with Crippen molar-refractivity contribution in [1.29, 1.82) is 0 Å². The van der Waals surface area contributed by atoms with E-state index in [-0.39, 0.29) is 12.5 Å². The fourth-order valence-corrected chi connectivity index (χ4v) is 5.29. The predicted octanol–water partition coefficient (Wildman–Crippen LogP) is 4.57. The van der Waals surface area contributed by atoms with Crippen LogP contribution in [0.2, 0.25) is 0 Å². The van der Waals surface area contributed by atoms with E-state index in [0.29, 0.717) is 57.4 Å². The van der Waals surface area contributed by atoms with Crippen molar-refractivity contribution in [3.63, 3.8) is 0 Å². The average Bonchev–Trinajstić information content (AvgIpc) is 3.36. The number of ether oxygens (including phenoxy) is 3. The number of hydrogen-bond donors (Lipinski definition) is 1. The van der Waals surface area contributed by atoms with Gasteiger partial charge in [-0.2, -0.15) is 0 Å². The van der Waals surface area contributed by atoms with Crippen LogP contribution in [0.3, 0.4) is 0 Å². The molecule has 8 heteroatoms. The Hall–Kier alpha value is -3.20. The first-order valence-electron chi connectivity index (χ1n) is 12.9. The first-order valence-corrected chi connectivity index (χ1v) is 13.7. The van der Waals surface area contributed by atoms with Crippen LogP contribution in [0, 0.1) is 0 Å². The Morgan fingerprint density at radius 3 is 2.45 bits per heavy atom. The predicted molar refractivity (Wildman–Crippen MR) is 148 cm³/mol. The highest BCUT2D eigenvalue weighted by atomic mass is 79.9. The summed E-state index contributed by atoms with van der Waals surface area (Å²) in [5.41, 5.74) is 1.44. The van der Waals surface area contributed by atoms with Gasteiger partial charge in [0.15, 0.2) is 11.6 Å². The van der Waals surface area contributed by atoms with Crippen LogP contribution in [-0.4, -0.2) is 66.9 Å². The molecular formula is C30H31BrN2O5. The van der Waals surface area contributed by atoms with Crippen LogP contribution in [0.25, 0.3) is 0 Å². The van der Waals surface area contributed by atoms with Crippen LogP contribution in [0.15, 0.2) is 88.3 Å². The number of morpholine rings is 1. The number of aliphatic imine (C=N–C) groups is 1. The third-order valence-corrected chi connectivity index (χ3v) is 7.60. The number of carbonyl (C=O) groups excluding carboxylic acids is 1. The minimum Gasteiger partial charge on any atom is -0.494 e. The second kappa shape index (κ2) is 12.1. The summed E-state index contributed by atoms with van der Waals surface area (Å²) in [6, 6.07) is 25.3. The summed E-state index contributed by atoms with van der Waals surface area (Å²) in [6.07, 6.45) is 0.328. The zero-order valence-electron chi connectivity index (χ0n) is 21.1. The van der Waals surface area contributed by atoms with Gasteiger partial charge in [-0.15, -0.1) is 0 Å². The largest absolute Gasteiger partial charge is 0.494 e. The van der Waals surface area contributed by atoms with Gasteiger partial charge in [-0.25, -0.2) is 4.99 Å². The topological polar surface area (TPSA) is 80.6 Å². The highest BCUT2D eigenvalue weighted by molar-refractivity contribution is 9.10. The fourth-order valence-electron chi connectivity index (χ4n) is 4.87. The summed E-state index contributed by atoms with van der Waals surface area (Å²) in [5.74, 6) is 1.06. The van der Waals surface area contributed by atoms with Crippen LogP contribution in [0.5, 0.6) is 5.75 Å². The van der Waals surface area contributed by atoms with Crippen molar-refractivity contribution in [2.45, 2.75) is 24.5 Å². The molecule has 0 unspecified atom stereocenters. The van der Waals surface area contributed by atoms with Gasteiger partial charge in [-0.3, -0.25) is 4.79 Å². The second-order valence-electron chi connectivity index (χ2n) is 9.37. The second-order valence-corrected chi connectivity index (χ2v) is 10.2. The van der Waals surface area contributed by atoms with Gasteiger partial charge in [0, 0.05) is 42.6 Å². The molecule has 0 bridgehead atoms. The lowest BCUT2D eigenvalue weighted by atomic mass is 9.81. The normalized spacial score (nSPS) is 21.1. The highest BCUT2D eigenvalue weighted by Crippen LogP contribution is 2.44. The summed E-state index contributed by atoms with van der Waals surface area (Å²) < 4.78 is 18.7. The van der Waals surface area contributed by atoms with Crippen molar-refractivity contribution < 1.29 is 24.1 Å². The first-order chi connectivity index (χ1) is 18.6. The lowest BCUT2D eigenvalue weighted by molar-refractivity contribution is -0.143. The number of amides is 1. The maximum atomic E-state index is 14.4. The van der Waals surface area contributed by atoms with E-state index in [2.05, 4.69) is 15.9 Å². The summed E-state index contributed by atoms with van der Waals surface area (Å²) in [7, 11) is 0. The van der Waals surface area contributed by atoms with E-state index < -0.39 is 11.6 Å². The molecule has 3 aromatic carbocycles. The maximum absolute atomic E-state index is 14.4. The molecule has 2 atom stereocenters. The number of rotatable bonds is 9. The number of halogens is 1. The standard InChI is InChI=1S/C30H31BrN2O5/c31-26-10-5-4-9-24(26)21-30(29(35)33-15-19-36-20-16-33)27(22-7-2-1-3-8-22)38-28(32-30)23-11-13-25(14-12-23)37-18-6-17-34/h1-5,7-14,27,34H,6,15-21H2/t27-,30-/m1/s1. The SMILES string of the molecule is O=C(N1CCOCC1)[C@]1(Cc2ccccc2Br)N=C(c2ccc(OCCCO)cc2)O[C@@H]1c1ccccc1. The molecule has 0 aliphatic carbocycles. The van der Waals surface area contributed by atoms with Gasteiger partial charge in [-0.05, 0) is 41.5 Å². The van der Waals surface area contributed by atoms with Gasteiger partial charge in [0.1, 0.15) is 5.75 Å². The number of nitrogens with zero attached hydrogens (tertiary/aromatic N) is 2. The van der Waals surface area contributed by atoms with E-state index in [4.69, 9.17) is 24.3 Å². The Kier molecular flexibility index (Phi) is 8.42. The minimum absolute atomic E-state index is 0.0654. The molecule has 1 amide bonds. The van der Waals surface area contributed by atoms with E-state index in [1.165, 1.54) is 0 Å². The molecule has 0 spiro atoms. The molecule has 2 heterocycles. The molecule has 38 heavy (non-hydrogen) atoms. The lowest BCUT2D eigenvalue weighted by Gasteiger charge is -2.37. The minimum atomic E-state index is -1.20. The third kappa shape index (κ3) is 5.62. The Labute approximate surface area is 231 Å². The first kappa shape index (κ1) is 26.4. The zero-order valence-corrected chi connectivity index (χ0v) is 22.7. The van der Waals surface area contributed by atoms with Gasteiger partial charge >= 0.3 is 0 Å². The molecule has 1 fully saturated rings. The number of aliphatic hydroxyl groups excluding tert-OH is 1. The van der Waals surface area contributed by atoms with Crippen LogP contribution >= 0.6 is 15.9 Å². The van der Waals surface area contributed by atoms with E-state index in [1.54, 1.807) is 0 Å². The summed E-state index contributed by atoms with van der Waals surface area (Å²) in [6.45, 7) is 2.56. The highest BCUT2D eigenvalue weighted by Gasteiger charge is 2.55. The van der Waals surface area contributed by atoms with E-state index in [1.807, 2.05) is 83.8 Å². The zero-order chi connectivity index (χ0) is 26.4. The summed E-state index contributed by atoms with van der Waals surface area (Å²) >= 11 is 3.68. The van der Waals surface area contributed by atoms with Crippen LogP contribution in [0.1, 0.15) is 29.2 Å². The van der Waals surface area contributed by atoms with Gasteiger partial charge in [-0.1, -0.05) is 64.5 Å². The quantitative estimate of drug-likeness (QED) is 0.376. The van der Waals surface area contributed by atoms with Crippen LogP contribution in [0.4, 0.5) is 0 Å². The molecule has 2 aliphatic rings. The van der Waals surface area contributed by atoms with Crippen LogP contribution < -0.4 is 4.74 Å². The Bertz CT molecular complexity index is 1260. The van der Waals surface area contributed by atoms with Crippen molar-refractivity contribution >= 4 is 27.7 Å². The number of aliphatic hydroxyl groups is 1. The van der Waals surface area contributed by atoms with Gasteiger partial charge < -0.3 is 24.2 Å². The van der Waals surface area contributed by atoms with Crippen molar-refractivity contribution in [3.05, 3.63) is 100 Å². The maximum Gasteiger partial charge on any atom is 0.255 e. The summed E-state index contributed by atoms with van der Waals surface area (Å²) in [5, 5.41) is 9.01. The van der Waals surface area contributed by atoms with E-state index in [0.717, 1.165) is 21.2 Å². The van der Waals surface area contributed by atoms with Crippen LogP contribution in [-0.2, 0) is 20.7 Å². The van der Waals surface area contributed by atoms with E-state index in [9.17, 15) is 4.79 Å². The molecule has 2 aliphatic heterocycles. The molecule has 0 aromatic heterocycles. The monoisotopic (exact) mass is 578 g/mol.